The number of nitrogens with one attached hydrogen (secondary N) is 1. The summed E-state index contributed by atoms with van der Waals surface area (Å²) in [4.78, 5) is 22.9. The predicted octanol–water partition coefficient (Wildman–Crippen LogP) is 0.960. The van der Waals surface area contributed by atoms with Gasteiger partial charge in [-0.3, -0.25) is 9.59 Å². The minimum Gasteiger partial charge on any atom is -0.495 e. The third kappa shape index (κ3) is 4.50. The third-order valence-electron chi connectivity index (χ3n) is 2.42. The standard InChI is InChI=1S/C13H18N2O4/c1-3-19-12(16)6-7-15-13(17)9-4-5-10(14)11(8-9)18-2/h4-5,8H,3,6-7,14H2,1-2H3,(H,15,17). The number of hydrogen-bond acceptors (Lipinski definition) is 5. The van der Waals surface area contributed by atoms with E-state index in [0.717, 1.165) is 0 Å². The average Bonchev–Trinajstić information content (AvgIpc) is 2.39. The van der Waals surface area contributed by atoms with Crippen molar-refractivity contribution in [1.29, 1.82) is 0 Å². The molecule has 3 N–H and O–H groups in total. The molecule has 0 saturated heterocycles. The number of hydrogen-bond donors (Lipinski definition) is 2. The summed E-state index contributed by atoms with van der Waals surface area (Å²) in [5.74, 6) is -0.182. The van der Waals surface area contributed by atoms with E-state index in [1.165, 1.54) is 7.11 Å². The number of methoxy groups -OCH3 is 1. The molecular formula is C13H18N2O4. The topological polar surface area (TPSA) is 90.7 Å². The second-order valence-corrected chi connectivity index (χ2v) is 3.77. The molecule has 0 aliphatic rings. The van der Waals surface area contributed by atoms with Crippen LogP contribution < -0.4 is 15.8 Å². The summed E-state index contributed by atoms with van der Waals surface area (Å²) in [6, 6.07) is 4.74. The molecule has 0 fully saturated rings. The number of ether oxygens (including phenoxy) is 2. The Hall–Kier alpha value is -2.24. The predicted molar refractivity (Wildman–Crippen MR) is 71.0 cm³/mol. The Labute approximate surface area is 111 Å². The number of carbonyl (C=O) groups excluding carboxylic acids is 2. The van der Waals surface area contributed by atoms with Gasteiger partial charge in [-0.2, -0.15) is 0 Å². The Morgan fingerprint density at radius 3 is 2.74 bits per heavy atom. The first-order valence-electron chi connectivity index (χ1n) is 5.95. The maximum atomic E-state index is 11.8. The van der Waals surface area contributed by atoms with E-state index in [2.05, 4.69) is 5.32 Å². The summed E-state index contributed by atoms with van der Waals surface area (Å²) in [5.41, 5.74) is 6.54. The molecule has 0 heterocycles. The molecule has 104 valence electrons. The fourth-order valence-electron chi connectivity index (χ4n) is 1.47. The van der Waals surface area contributed by atoms with Crippen LogP contribution >= 0.6 is 0 Å². The Morgan fingerprint density at radius 1 is 1.37 bits per heavy atom. The monoisotopic (exact) mass is 266 g/mol. The Morgan fingerprint density at radius 2 is 2.11 bits per heavy atom. The van der Waals surface area contributed by atoms with Crippen LogP contribution in [0.3, 0.4) is 0 Å². The van der Waals surface area contributed by atoms with Crippen molar-refractivity contribution in [2.75, 3.05) is 26.0 Å². The molecule has 0 unspecified atom stereocenters. The largest absolute Gasteiger partial charge is 0.495 e. The molecule has 0 aliphatic heterocycles. The number of amides is 1. The van der Waals surface area contributed by atoms with E-state index in [-0.39, 0.29) is 24.8 Å². The normalized spacial score (nSPS) is 9.79. The number of carbonyl (C=O) groups is 2. The van der Waals surface area contributed by atoms with Gasteiger partial charge >= 0.3 is 5.97 Å². The number of rotatable bonds is 6. The Kier molecular flexibility index (Phi) is 5.66. The van der Waals surface area contributed by atoms with Crippen molar-refractivity contribution in [2.45, 2.75) is 13.3 Å². The van der Waals surface area contributed by atoms with Crippen LogP contribution in [0.1, 0.15) is 23.7 Å². The molecule has 0 aromatic heterocycles. The van der Waals surface area contributed by atoms with Crippen molar-refractivity contribution in [2.24, 2.45) is 0 Å². The summed E-state index contributed by atoms with van der Waals surface area (Å²) in [6.45, 7) is 2.30. The van der Waals surface area contributed by atoms with E-state index < -0.39 is 0 Å². The van der Waals surface area contributed by atoms with E-state index in [1.54, 1.807) is 25.1 Å². The number of nitrogens with two attached hydrogens (primary N) is 1. The summed E-state index contributed by atoms with van der Waals surface area (Å²) >= 11 is 0. The van der Waals surface area contributed by atoms with Gasteiger partial charge in [0.15, 0.2) is 0 Å². The number of nitrogen functional groups attached to an aromatic ring is 1. The first-order chi connectivity index (χ1) is 9.08. The van der Waals surface area contributed by atoms with Gasteiger partial charge in [-0.15, -0.1) is 0 Å². The summed E-state index contributed by atoms with van der Waals surface area (Å²) in [7, 11) is 1.48. The minimum absolute atomic E-state index is 0.145. The highest BCUT2D eigenvalue weighted by Gasteiger charge is 2.09. The molecule has 1 aromatic carbocycles. The smallest absolute Gasteiger partial charge is 0.307 e. The second-order valence-electron chi connectivity index (χ2n) is 3.77. The van der Waals surface area contributed by atoms with Crippen LogP contribution in [0.25, 0.3) is 0 Å². The van der Waals surface area contributed by atoms with Crippen LogP contribution in [0.5, 0.6) is 5.75 Å². The highest BCUT2D eigenvalue weighted by Crippen LogP contribution is 2.21. The molecule has 1 amide bonds. The maximum absolute atomic E-state index is 11.8. The number of benzene rings is 1. The molecule has 1 rings (SSSR count). The Balaban J connectivity index is 2.52. The van der Waals surface area contributed by atoms with Gasteiger partial charge < -0.3 is 20.5 Å². The van der Waals surface area contributed by atoms with Crippen LogP contribution in [0.4, 0.5) is 5.69 Å². The van der Waals surface area contributed by atoms with Gasteiger partial charge in [-0.25, -0.2) is 0 Å². The Bertz CT molecular complexity index is 460. The van der Waals surface area contributed by atoms with Gasteiger partial charge in [0, 0.05) is 12.1 Å². The van der Waals surface area contributed by atoms with Crippen LogP contribution in [-0.2, 0) is 9.53 Å². The van der Waals surface area contributed by atoms with Crippen LogP contribution in [0.15, 0.2) is 18.2 Å². The third-order valence-corrected chi connectivity index (χ3v) is 2.42. The molecule has 0 saturated carbocycles. The summed E-state index contributed by atoms with van der Waals surface area (Å²) in [6.07, 6.45) is 0.145. The van der Waals surface area contributed by atoms with Gasteiger partial charge in [-0.1, -0.05) is 0 Å². The maximum Gasteiger partial charge on any atom is 0.307 e. The van der Waals surface area contributed by atoms with Gasteiger partial charge in [0.2, 0.25) is 0 Å². The quantitative estimate of drug-likeness (QED) is 0.591. The van der Waals surface area contributed by atoms with E-state index in [0.29, 0.717) is 23.6 Å². The zero-order valence-corrected chi connectivity index (χ0v) is 11.1. The first kappa shape index (κ1) is 14.8. The van der Waals surface area contributed by atoms with Gasteiger partial charge in [0.1, 0.15) is 5.75 Å². The fourth-order valence-corrected chi connectivity index (χ4v) is 1.47. The van der Waals surface area contributed by atoms with E-state index in [4.69, 9.17) is 15.2 Å². The lowest BCUT2D eigenvalue weighted by molar-refractivity contribution is -0.142. The SMILES string of the molecule is CCOC(=O)CCNC(=O)c1ccc(N)c(OC)c1. The highest BCUT2D eigenvalue weighted by atomic mass is 16.5. The summed E-state index contributed by atoms with van der Waals surface area (Å²) < 4.78 is 9.79. The minimum atomic E-state index is -0.335. The van der Waals surface area contributed by atoms with Gasteiger partial charge in [0.25, 0.3) is 5.91 Å². The molecule has 0 radical (unpaired) electrons. The van der Waals surface area contributed by atoms with Crippen molar-refractivity contribution in [3.8, 4) is 5.75 Å². The van der Waals surface area contributed by atoms with Crippen molar-refractivity contribution in [3.63, 3.8) is 0 Å². The van der Waals surface area contributed by atoms with Crippen molar-refractivity contribution in [1.82, 2.24) is 5.32 Å². The van der Waals surface area contributed by atoms with E-state index in [9.17, 15) is 9.59 Å². The van der Waals surface area contributed by atoms with Gasteiger partial charge in [-0.05, 0) is 25.1 Å². The lowest BCUT2D eigenvalue weighted by atomic mass is 10.2. The molecule has 19 heavy (non-hydrogen) atoms. The van der Waals surface area contributed by atoms with E-state index in [1.807, 2.05) is 0 Å². The van der Waals surface area contributed by atoms with Crippen molar-refractivity contribution in [3.05, 3.63) is 23.8 Å². The zero-order chi connectivity index (χ0) is 14.3. The zero-order valence-electron chi connectivity index (χ0n) is 11.1. The van der Waals surface area contributed by atoms with Crippen LogP contribution in [0.2, 0.25) is 0 Å². The molecule has 6 nitrogen and oxygen atoms in total. The molecule has 0 atom stereocenters. The van der Waals surface area contributed by atoms with Crippen molar-refractivity contribution >= 4 is 17.6 Å². The van der Waals surface area contributed by atoms with Crippen LogP contribution in [-0.4, -0.2) is 32.1 Å². The second kappa shape index (κ2) is 7.25. The lowest BCUT2D eigenvalue weighted by Crippen LogP contribution is -2.26. The fraction of sp³-hybridized carbons (Fsp3) is 0.385. The van der Waals surface area contributed by atoms with Crippen molar-refractivity contribution < 1.29 is 19.1 Å². The molecule has 0 spiro atoms. The van der Waals surface area contributed by atoms with Gasteiger partial charge in [0.05, 0.1) is 25.8 Å². The molecule has 1 aromatic rings. The molecule has 0 bridgehead atoms. The highest BCUT2D eigenvalue weighted by molar-refractivity contribution is 5.95. The number of anilines is 1. The first-order valence-corrected chi connectivity index (χ1v) is 5.95. The average molecular weight is 266 g/mol. The molecule has 6 heteroatoms. The molecule has 0 aliphatic carbocycles. The molecular weight excluding hydrogens is 248 g/mol. The lowest BCUT2D eigenvalue weighted by Gasteiger charge is -2.08. The summed E-state index contributed by atoms with van der Waals surface area (Å²) in [5, 5.41) is 2.62. The van der Waals surface area contributed by atoms with E-state index >= 15 is 0 Å². The van der Waals surface area contributed by atoms with Crippen LogP contribution in [0, 0.1) is 0 Å². The number of esters is 1.